The van der Waals surface area contributed by atoms with Crippen molar-refractivity contribution in [2.24, 2.45) is 0 Å². The van der Waals surface area contributed by atoms with Gasteiger partial charge in [-0.3, -0.25) is 9.69 Å². The van der Waals surface area contributed by atoms with Crippen molar-refractivity contribution in [1.82, 2.24) is 19.8 Å². The maximum Gasteiger partial charge on any atom is 0.272 e. The zero-order chi connectivity index (χ0) is 17.8. The van der Waals surface area contributed by atoms with Gasteiger partial charge in [0.25, 0.3) is 5.91 Å². The number of likely N-dealkylation sites (N-methyl/N-ethyl adjacent to an activating group) is 1. The zero-order valence-corrected chi connectivity index (χ0v) is 15.4. The molecule has 1 fully saturated rings. The van der Waals surface area contributed by atoms with Gasteiger partial charge in [0.15, 0.2) is 0 Å². The van der Waals surface area contributed by atoms with E-state index in [1.807, 2.05) is 11.8 Å². The summed E-state index contributed by atoms with van der Waals surface area (Å²) in [6.45, 7) is 9.00. The van der Waals surface area contributed by atoms with E-state index in [2.05, 4.69) is 59.0 Å². The van der Waals surface area contributed by atoms with Gasteiger partial charge in [0.05, 0.1) is 6.20 Å². The number of imidazole rings is 1. The Morgan fingerprint density at radius 3 is 2.76 bits per heavy atom. The first-order valence-electron chi connectivity index (χ1n) is 9.27. The molecule has 0 spiro atoms. The normalized spacial score (nSPS) is 19.1. The molecule has 1 N–H and O–H groups in total. The highest BCUT2D eigenvalue weighted by atomic mass is 16.2. The summed E-state index contributed by atoms with van der Waals surface area (Å²) in [6, 6.07) is 11.2. The number of H-pyrrole nitrogens is 1. The van der Waals surface area contributed by atoms with Crippen LogP contribution in [0.3, 0.4) is 0 Å². The van der Waals surface area contributed by atoms with E-state index < -0.39 is 0 Å². The molecule has 5 nitrogen and oxygen atoms in total. The highest BCUT2D eigenvalue weighted by Gasteiger charge is 2.33. The minimum atomic E-state index is 0.0638. The van der Waals surface area contributed by atoms with Crippen LogP contribution in [0.5, 0.6) is 0 Å². The molecule has 2 heterocycles. The third-order valence-corrected chi connectivity index (χ3v) is 5.26. The Morgan fingerprint density at radius 1 is 1.36 bits per heavy atom. The molecule has 2 atom stereocenters. The highest BCUT2D eigenvalue weighted by Crippen LogP contribution is 2.27. The minimum Gasteiger partial charge on any atom is -0.338 e. The van der Waals surface area contributed by atoms with Gasteiger partial charge < -0.3 is 9.88 Å². The van der Waals surface area contributed by atoms with E-state index in [0.717, 1.165) is 38.3 Å². The van der Waals surface area contributed by atoms with Crippen LogP contribution in [-0.2, 0) is 6.42 Å². The second-order valence-electron chi connectivity index (χ2n) is 6.71. The molecular formula is C20H28N4O. The van der Waals surface area contributed by atoms with Gasteiger partial charge in [-0.25, -0.2) is 4.98 Å². The van der Waals surface area contributed by atoms with E-state index >= 15 is 0 Å². The summed E-state index contributed by atoms with van der Waals surface area (Å²) in [5, 5.41) is 0. The molecule has 1 amide bonds. The molecule has 2 aromatic rings. The predicted octanol–water partition coefficient (Wildman–Crippen LogP) is 3.27. The van der Waals surface area contributed by atoms with Crippen LogP contribution in [0.2, 0.25) is 0 Å². The van der Waals surface area contributed by atoms with Crippen LogP contribution in [0.15, 0.2) is 36.5 Å². The lowest BCUT2D eigenvalue weighted by Gasteiger charge is -2.29. The number of amides is 1. The van der Waals surface area contributed by atoms with E-state index in [9.17, 15) is 4.79 Å². The Kier molecular flexibility index (Phi) is 5.53. The summed E-state index contributed by atoms with van der Waals surface area (Å²) < 4.78 is 0. The van der Waals surface area contributed by atoms with Gasteiger partial charge in [-0.15, -0.1) is 0 Å². The van der Waals surface area contributed by atoms with E-state index in [0.29, 0.717) is 11.7 Å². The van der Waals surface area contributed by atoms with Gasteiger partial charge in [0, 0.05) is 38.1 Å². The molecule has 134 valence electrons. The van der Waals surface area contributed by atoms with Crippen LogP contribution < -0.4 is 0 Å². The number of aryl methyl sites for hydroxylation is 1. The molecule has 1 aliphatic heterocycles. The van der Waals surface area contributed by atoms with Gasteiger partial charge in [-0.1, -0.05) is 37.3 Å². The molecule has 0 bridgehead atoms. The van der Waals surface area contributed by atoms with Crippen LogP contribution in [0.1, 0.15) is 55.1 Å². The Labute approximate surface area is 150 Å². The van der Waals surface area contributed by atoms with Crippen molar-refractivity contribution in [2.75, 3.05) is 19.6 Å². The SMILES string of the molecule is CCc1ncc(C(=O)N(CC)[C@H]2CCN([C@@H](C)c3ccccc3)C2)[nH]1. The molecule has 1 aromatic carbocycles. The van der Waals surface area contributed by atoms with Gasteiger partial charge in [0.2, 0.25) is 0 Å². The Hall–Kier alpha value is -2.14. The molecule has 25 heavy (non-hydrogen) atoms. The number of nitrogens with one attached hydrogen (secondary N) is 1. The number of nitrogens with zero attached hydrogens (tertiary/aromatic N) is 3. The third-order valence-electron chi connectivity index (χ3n) is 5.26. The van der Waals surface area contributed by atoms with Crippen molar-refractivity contribution in [1.29, 1.82) is 0 Å². The first-order valence-corrected chi connectivity index (χ1v) is 9.27. The summed E-state index contributed by atoms with van der Waals surface area (Å²) in [7, 11) is 0. The van der Waals surface area contributed by atoms with E-state index in [-0.39, 0.29) is 11.9 Å². The number of aromatic nitrogens is 2. The first-order chi connectivity index (χ1) is 12.1. The predicted molar refractivity (Wildman–Crippen MR) is 99.5 cm³/mol. The van der Waals surface area contributed by atoms with Crippen LogP contribution in [0, 0.1) is 0 Å². The molecule has 0 radical (unpaired) electrons. The third kappa shape index (κ3) is 3.76. The van der Waals surface area contributed by atoms with Crippen LogP contribution >= 0.6 is 0 Å². The van der Waals surface area contributed by atoms with Crippen LogP contribution in [-0.4, -0.2) is 51.4 Å². The molecule has 5 heteroatoms. The number of rotatable bonds is 6. The fourth-order valence-electron chi connectivity index (χ4n) is 3.69. The number of hydrogen-bond acceptors (Lipinski definition) is 3. The lowest BCUT2D eigenvalue weighted by molar-refractivity contribution is 0.0683. The molecular weight excluding hydrogens is 312 g/mol. The van der Waals surface area contributed by atoms with Crippen LogP contribution in [0.4, 0.5) is 0 Å². The maximum atomic E-state index is 12.9. The van der Waals surface area contributed by atoms with Crippen LogP contribution in [0.25, 0.3) is 0 Å². The second-order valence-corrected chi connectivity index (χ2v) is 6.71. The average molecular weight is 340 g/mol. The van der Waals surface area contributed by atoms with E-state index in [1.54, 1.807) is 6.20 Å². The Bertz CT molecular complexity index is 697. The van der Waals surface area contributed by atoms with Crippen molar-refractivity contribution >= 4 is 5.91 Å². The van der Waals surface area contributed by atoms with E-state index in [4.69, 9.17) is 0 Å². The summed E-state index contributed by atoms with van der Waals surface area (Å²) in [6.07, 6.45) is 3.50. The smallest absolute Gasteiger partial charge is 0.272 e. The number of carbonyl (C=O) groups excluding carboxylic acids is 1. The van der Waals surface area contributed by atoms with Gasteiger partial charge >= 0.3 is 0 Å². The van der Waals surface area contributed by atoms with E-state index in [1.165, 1.54) is 5.56 Å². The first kappa shape index (κ1) is 17.7. The molecule has 3 rings (SSSR count). The largest absolute Gasteiger partial charge is 0.338 e. The van der Waals surface area contributed by atoms with Gasteiger partial charge in [-0.2, -0.15) is 0 Å². The van der Waals surface area contributed by atoms with Gasteiger partial charge in [0.1, 0.15) is 11.5 Å². The Morgan fingerprint density at radius 2 is 2.12 bits per heavy atom. The Balaban J connectivity index is 1.67. The number of benzene rings is 1. The summed E-state index contributed by atoms with van der Waals surface area (Å²) >= 11 is 0. The highest BCUT2D eigenvalue weighted by molar-refractivity contribution is 5.92. The quantitative estimate of drug-likeness (QED) is 0.878. The topological polar surface area (TPSA) is 52.2 Å². The standard InChI is InChI=1S/C20H28N4O/c1-4-19-21-13-18(22-19)20(25)24(5-2)17-11-12-23(14-17)15(3)16-9-7-6-8-10-16/h6-10,13,15,17H,4-5,11-12,14H2,1-3H3,(H,21,22)/t15-,17-/m0/s1. The number of aromatic amines is 1. The number of likely N-dealkylation sites (tertiary alicyclic amines) is 1. The fraction of sp³-hybridized carbons (Fsp3) is 0.500. The molecule has 0 unspecified atom stereocenters. The molecule has 0 aliphatic carbocycles. The molecule has 1 saturated heterocycles. The monoisotopic (exact) mass is 340 g/mol. The summed E-state index contributed by atoms with van der Waals surface area (Å²) in [5.41, 5.74) is 1.94. The number of hydrogen-bond donors (Lipinski definition) is 1. The average Bonchev–Trinajstić information content (AvgIpc) is 3.32. The molecule has 1 aromatic heterocycles. The summed E-state index contributed by atoms with van der Waals surface area (Å²) in [5.74, 6) is 0.930. The van der Waals surface area contributed by atoms with Crippen molar-refractivity contribution < 1.29 is 4.79 Å². The van der Waals surface area contributed by atoms with Gasteiger partial charge in [-0.05, 0) is 25.8 Å². The van der Waals surface area contributed by atoms with Crippen molar-refractivity contribution in [3.63, 3.8) is 0 Å². The lowest BCUT2D eigenvalue weighted by atomic mass is 10.1. The fourth-order valence-corrected chi connectivity index (χ4v) is 3.69. The molecule has 0 saturated carbocycles. The number of carbonyl (C=O) groups is 1. The molecule has 1 aliphatic rings. The van der Waals surface area contributed by atoms with Crippen molar-refractivity contribution in [3.8, 4) is 0 Å². The maximum absolute atomic E-state index is 12.9. The van der Waals surface area contributed by atoms with Crippen molar-refractivity contribution in [3.05, 3.63) is 53.6 Å². The second kappa shape index (κ2) is 7.83. The summed E-state index contributed by atoms with van der Waals surface area (Å²) in [4.78, 5) is 24.8. The van der Waals surface area contributed by atoms with Crippen molar-refractivity contribution in [2.45, 2.75) is 45.7 Å². The minimum absolute atomic E-state index is 0.0638. The lowest BCUT2D eigenvalue weighted by Crippen LogP contribution is -2.42. The zero-order valence-electron chi connectivity index (χ0n) is 15.4.